The van der Waals surface area contributed by atoms with Crippen LogP contribution in [-0.4, -0.2) is 11.7 Å². The Balaban J connectivity index is 1.84. The number of fused-ring (bicyclic) bond motifs is 1. The maximum Gasteiger partial charge on any atom is 0.125 e. The standard InChI is InChI=1S/C18H18FNO2/c1-3-20-11-13(17-9-4-14(19)10-18(17)20)12-22-16-7-5-15(21-2)6-8-16/h4-11H,3,12H2,1-2H3. The molecule has 0 bridgehead atoms. The van der Waals surface area contributed by atoms with Crippen LogP contribution in [0.5, 0.6) is 11.5 Å². The van der Waals surface area contributed by atoms with Gasteiger partial charge >= 0.3 is 0 Å². The number of hydrogen-bond donors (Lipinski definition) is 0. The molecule has 0 amide bonds. The summed E-state index contributed by atoms with van der Waals surface area (Å²) >= 11 is 0. The zero-order chi connectivity index (χ0) is 15.5. The number of rotatable bonds is 5. The third-order valence-electron chi connectivity index (χ3n) is 3.72. The van der Waals surface area contributed by atoms with Crippen LogP contribution in [0, 0.1) is 5.82 Å². The van der Waals surface area contributed by atoms with Crippen LogP contribution in [0.25, 0.3) is 10.9 Å². The first-order valence-electron chi connectivity index (χ1n) is 7.25. The minimum atomic E-state index is -0.220. The molecule has 0 spiro atoms. The molecule has 3 nitrogen and oxygen atoms in total. The number of benzene rings is 2. The number of aromatic nitrogens is 1. The van der Waals surface area contributed by atoms with E-state index in [-0.39, 0.29) is 5.82 Å². The lowest BCUT2D eigenvalue weighted by Gasteiger charge is -2.06. The Morgan fingerprint density at radius 2 is 1.77 bits per heavy atom. The molecule has 0 fully saturated rings. The van der Waals surface area contributed by atoms with Gasteiger partial charge in [0.15, 0.2) is 0 Å². The predicted octanol–water partition coefficient (Wildman–Crippen LogP) is 4.39. The zero-order valence-electron chi connectivity index (χ0n) is 12.7. The Labute approximate surface area is 128 Å². The summed E-state index contributed by atoms with van der Waals surface area (Å²) in [5, 5.41) is 1.02. The van der Waals surface area contributed by atoms with Crippen LogP contribution in [0.2, 0.25) is 0 Å². The van der Waals surface area contributed by atoms with Crippen molar-refractivity contribution in [3.05, 3.63) is 60.0 Å². The fourth-order valence-electron chi connectivity index (χ4n) is 2.55. The topological polar surface area (TPSA) is 23.4 Å². The highest BCUT2D eigenvalue weighted by molar-refractivity contribution is 5.84. The van der Waals surface area contributed by atoms with Gasteiger partial charge in [-0.2, -0.15) is 0 Å². The van der Waals surface area contributed by atoms with E-state index in [0.29, 0.717) is 6.61 Å². The second kappa shape index (κ2) is 6.10. The lowest BCUT2D eigenvalue weighted by molar-refractivity contribution is 0.306. The third-order valence-corrected chi connectivity index (χ3v) is 3.72. The highest BCUT2D eigenvalue weighted by Crippen LogP contribution is 2.25. The van der Waals surface area contributed by atoms with Gasteiger partial charge in [0.05, 0.1) is 12.6 Å². The van der Waals surface area contributed by atoms with E-state index in [2.05, 4.69) is 0 Å². The minimum absolute atomic E-state index is 0.220. The van der Waals surface area contributed by atoms with Gasteiger partial charge in [-0.3, -0.25) is 0 Å². The highest BCUT2D eigenvalue weighted by atomic mass is 19.1. The molecule has 0 aliphatic heterocycles. The van der Waals surface area contributed by atoms with Crippen molar-refractivity contribution in [3.8, 4) is 11.5 Å². The van der Waals surface area contributed by atoms with Gasteiger partial charge in [-0.05, 0) is 49.4 Å². The predicted molar refractivity (Wildman–Crippen MR) is 84.9 cm³/mol. The van der Waals surface area contributed by atoms with Gasteiger partial charge in [-0.25, -0.2) is 4.39 Å². The summed E-state index contributed by atoms with van der Waals surface area (Å²) in [7, 11) is 1.63. The molecule has 3 aromatic rings. The first kappa shape index (κ1) is 14.4. The van der Waals surface area contributed by atoms with E-state index in [4.69, 9.17) is 9.47 Å². The first-order valence-corrected chi connectivity index (χ1v) is 7.25. The second-order valence-corrected chi connectivity index (χ2v) is 5.07. The summed E-state index contributed by atoms with van der Waals surface area (Å²) in [6.45, 7) is 3.28. The van der Waals surface area contributed by atoms with Gasteiger partial charge in [0.1, 0.15) is 23.9 Å². The molecule has 0 aliphatic rings. The van der Waals surface area contributed by atoms with Crippen LogP contribution >= 0.6 is 0 Å². The van der Waals surface area contributed by atoms with Gasteiger partial charge in [0.25, 0.3) is 0 Å². The summed E-state index contributed by atoms with van der Waals surface area (Å²) in [5.41, 5.74) is 1.95. The summed E-state index contributed by atoms with van der Waals surface area (Å²) in [6.07, 6.45) is 2.02. The fourth-order valence-corrected chi connectivity index (χ4v) is 2.55. The zero-order valence-corrected chi connectivity index (χ0v) is 12.7. The van der Waals surface area contributed by atoms with Gasteiger partial charge in [-0.1, -0.05) is 0 Å². The van der Waals surface area contributed by atoms with Gasteiger partial charge in [0, 0.05) is 23.7 Å². The Bertz CT molecular complexity index is 778. The molecule has 0 N–H and O–H groups in total. The van der Waals surface area contributed by atoms with Crippen molar-refractivity contribution in [2.24, 2.45) is 0 Å². The summed E-state index contributed by atoms with van der Waals surface area (Å²) in [4.78, 5) is 0. The number of halogens is 1. The molecular formula is C18H18FNO2. The normalized spacial score (nSPS) is 10.9. The summed E-state index contributed by atoms with van der Waals surface area (Å²) in [5.74, 6) is 1.36. The number of methoxy groups -OCH3 is 1. The van der Waals surface area contributed by atoms with E-state index in [1.54, 1.807) is 13.2 Å². The average Bonchev–Trinajstić information content (AvgIpc) is 2.90. The van der Waals surface area contributed by atoms with Crippen molar-refractivity contribution in [1.29, 1.82) is 0 Å². The lowest BCUT2D eigenvalue weighted by atomic mass is 10.2. The van der Waals surface area contributed by atoms with Crippen LogP contribution in [0.4, 0.5) is 4.39 Å². The van der Waals surface area contributed by atoms with Crippen molar-refractivity contribution in [3.63, 3.8) is 0 Å². The molecular weight excluding hydrogens is 281 g/mol. The third kappa shape index (κ3) is 2.77. The van der Waals surface area contributed by atoms with Crippen LogP contribution in [0.3, 0.4) is 0 Å². The Hall–Kier alpha value is -2.49. The van der Waals surface area contributed by atoms with E-state index in [0.717, 1.165) is 34.5 Å². The molecule has 0 saturated carbocycles. The number of hydrogen-bond acceptors (Lipinski definition) is 2. The molecule has 114 valence electrons. The maximum absolute atomic E-state index is 13.4. The number of ether oxygens (including phenoxy) is 2. The molecule has 0 aliphatic carbocycles. The van der Waals surface area contributed by atoms with Crippen molar-refractivity contribution in [2.45, 2.75) is 20.1 Å². The number of aryl methyl sites for hydroxylation is 1. The Kier molecular flexibility index (Phi) is 4.00. The van der Waals surface area contributed by atoms with Crippen LogP contribution in [0.1, 0.15) is 12.5 Å². The van der Waals surface area contributed by atoms with Crippen LogP contribution in [0.15, 0.2) is 48.7 Å². The van der Waals surface area contributed by atoms with E-state index in [9.17, 15) is 4.39 Å². The van der Waals surface area contributed by atoms with Gasteiger partial charge < -0.3 is 14.0 Å². The van der Waals surface area contributed by atoms with Crippen molar-refractivity contribution in [2.75, 3.05) is 7.11 Å². The first-order chi connectivity index (χ1) is 10.7. The van der Waals surface area contributed by atoms with Gasteiger partial charge in [-0.15, -0.1) is 0 Å². The summed E-state index contributed by atoms with van der Waals surface area (Å²) in [6, 6.07) is 12.3. The molecule has 1 aromatic heterocycles. The van der Waals surface area contributed by atoms with Crippen molar-refractivity contribution < 1.29 is 13.9 Å². The molecule has 4 heteroatoms. The molecule has 0 unspecified atom stereocenters. The molecule has 22 heavy (non-hydrogen) atoms. The summed E-state index contributed by atoms with van der Waals surface area (Å²) < 4.78 is 26.4. The Morgan fingerprint density at radius 3 is 2.45 bits per heavy atom. The van der Waals surface area contributed by atoms with Crippen molar-refractivity contribution >= 4 is 10.9 Å². The minimum Gasteiger partial charge on any atom is -0.497 e. The van der Waals surface area contributed by atoms with E-state index < -0.39 is 0 Å². The van der Waals surface area contributed by atoms with Crippen molar-refractivity contribution in [1.82, 2.24) is 4.57 Å². The SMILES string of the molecule is CCn1cc(COc2ccc(OC)cc2)c2ccc(F)cc21. The molecule has 1 heterocycles. The lowest BCUT2D eigenvalue weighted by Crippen LogP contribution is -1.95. The smallest absolute Gasteiger partial charge is 0.125 e. The fraction of sp³-hybridized carbons (Fsp3) is 0.222. The largest absolute Gasteiger partial charge is 0.497 e. The molecule has 2 aromatic carbocycles. The molecule has 3 rings (SSSR count). The maximum atomic E-state index is 13.4. The second-order valence-electron chi connectivity index (χ2n) is 5.07. The molecule has 0 saturated heterocycles. The Morgan fingerprint density at radius 1 is 1.05 bits per heavy atom. The number of nitrogens with zero attached hydrogens (tertiary/aromatic N) is 1. The monoisotopic (exact) mass is 299 g/mol. The average molecular weight is 299 g/mol. The molecule has 0 radical (unpaired) electrons. The highest BCUT2D eigenvalue weighted by Gasteiger charge is 2.09. The van der Waals surface area contributed by atoms with E-state index in [1.807, 2.05) is 48.0 Å². The van der Waals surface area contributed by atoms with Gasteiger partial charge in [0.2, 0.25) is 0 Å². The van der Waals surface area contributed by atoms with E-state index >= 15 is 0 Å². The van der Waals surface area contributed by atoms with Crippen LogP contribution < -0.4 is 9.47 Å². The quantitative estimate of drug-likeness (QED) is 0.697. The molecule has 0 atom stereocenters. The van der Waals surface area contributed by atoms with Crippen LogP contribution in [-0.2, 0) is 13.2 Å². The van der Waals surface area contributed by atoms with E-state index in [1.165, 1.54) is 6.07 Å².